The average molecular weight is 418 g/mol. The molecule has 0 unspecified atom stereocenters. The van der Waals surface area contributed by atoms with Gasteiger partial charge in [0.05, 0.1) is 33.0 Å². The predicted octanol–water partition coefficient (Wildman–Crippen LogP) is 2.40. The quantitative estimate of drug-likeness (QED) is 0.452. The summed E-state index contributed by atoms with van der Waals surface area (Å²) in [7, 11) is 4.11. The molecule has 0 aliphatic heterocycles. The van der Waals surface area contributed by atoms with Crippen LogP contribution in [0.1, 0.15) is 56.1 Å². The molecule has 0 spiro atoms. The second-order valence-corrected chi connectivity index (χ2v) is 7.45. The highest BCUT2D eigenvalue weighted by atomic mass is 79.9. The Labute approximate surface area is 169 Å². The molecule has 0 aliphatic rings. The molecule has 0 atom stereocenters. The number of carbonyl (C=O) groups is 1. The van der Waals surface area contributed by atoms with Crippen molar-refractivity contribution >= 4 is 5.91 Å². The minimum atomic E-state index is 0. The van der Waals surface area contributed by atoms with Gasteiger partial charge in [0.25, 0.3) is 0 Å². The summed E-state index contributed by atoms with van der Waals surface area (Å²) in [5, 5.41) is 0. The zero-order chi connectivity index (χ0) is 18.1. The SMILES string of the molecule is CCCCCCC(=O)[N+](C)(C)CC(c1ccccc1)c1ccccc1.[Br-]. The highest BCUT2D eigenvalue weighted by molar-refractivity contribution is 5.68. The topological polar surface area (TPSA) is 17.1 Å². The van der Waals surface area contributed by atoms with Crippen LogP contribution >= 0.6 is 0 Å². The number of quaternary nitrogens is 1. The Morgan fingerprint density at radius 3 is 1.81 bits per heavy atom. The third-order valence-corrected chi connectivity index (χ3v) is 4.96. The molecule has 3 heteroatoms. The first-order valence-electron chi connectivity index (χ1n) is 9.51. The van der Waals surface area contributed by atoms with Crippen molar-refractivity contribution in [2.45, 2.75) is 44.9 Å². The van der Waals surface area contributed by atoms with Crippen molar-refractivity contribution in [3.05, 3.63) is 71.8 Å². The van der Waals surface area contributed by atoms with Crippen LogP contribution in [0.4, 0.5) is 0 Å². The van der Waals surface area contributed by atoms with Crippen molar-refractivity contribution in [2.75, 3.05) is 20.6 Å². The first-order valence-corrected chi connectivity index (χ1v) is 9.51. The third kappa shape index (κ3) is 6.69. The first-order chi connectivity index (χ1) is 12.0. The second-order valence-electron chi connectivity index (χ2n) is 7.45. The molecule has 2 nitrogen and oxygen atoms in total. The van der Waals surface area contributed by atoms with E-state index >= 15 is 0 Å². The van der Waals surface area contributed by atoms with Gasteiger partial charge in [-0.25, -0.2) is 4.79 Å². The van der Waals surface area contributed by atoms with Crippen molar-refractivity contribution in [3.63, 3.8) is 0 Å². The lowest BCUT2D eigenvalue weighted by Crippen LogP contribution is -3.00. The fraction of sp³-hybridized carbons (Fsp3) is 0.435. The summed E-state index contributed by atoms with van der Waals surface area (Å²) in [5.74, 6) is 0.574. The lowest BCUT2D eigenvalue weighted by atomic mass is 9.90. The Hall–Kier alpha value is -1.45. The molecule has 0 saturated heterocycles. The molecule has 26 heavy (non-hydrogen) atoms. The molecule has 0 fully saturated rings. The number of hydrogen-bond donors (Lipinski definition) is 0. The number of likely N-dealkylation sites (N-methyl/N-ethyl adjacent to an activating group) is 1. The van der Waals surface area contributed by atoms with Gasteiger partial charge in [-0.2, -0.15) is 0 Å². The number of unbranched alkanes of at least 4 members (excludes halogenated alkanes) is 3. The number of rotatable bonds is 9. The van der Waals surface area contributed by atoms with Gasteiger partial charge < -0.3 is 17.0 Å². The summed E-state index contributed by atoms with van der Waals surface area (Å²) < 4.78 is 0.431. The van der Waals surface area contributed by atoms with Crippen molar-refractivity contribution in [1.82, 2.24) is 0 Å². The zero-order valence-corrected chi connectivity index (χ0v) is 17.9. The molecule has 0 N–H and O–H groups in total. The van der Waals surface area contributed by atoms with Gasteiger partial charge in [-0.05, 0) is 17.5 Å². The van der Waals surface area contributed by atoms with E-state index in [9.17, 15) is 4.79 Å². The van der Waals surface area contributed by atoms with Crippen LogP contribution in [0.3, 0.4) is 0 Å². The number of amides is 1. The van der Waals surface area contributed by atoms with Crippen LogP contribution in [0.2, 0.25) is 0 Å². The number of carbonyl (C=O) groups excluding carboxylic acids is 1. The Kier molecular flexibility index (Phi) is 9.82. The highest BCUT2D eigenvalue weighted by Gasteiger charge is 2.31. The molecule has 0 radical (unpaired) electrons. The van der Waals surface area contributed by atoms with Crippen LogP contribution in [0, 0.1) is 0 Å². The van der Waals surface area contributed by atoms with Gasteiger partial charge >= 0.3 is 5.91 Å². The Morgan fingerprint density at radius 1 is 0.846 bits per heavy atom. The molecule has 0 heterocycles. The minimum Gasteiger partial charge on any atom is -1.00 e. The Morgan fingerprint density at radius 2 is 1.35 bits per heavy atom. The van der Waals surface area contributed by atoms with E-state index in [1.54, 1.807) is 0 Å². The third-order valence-electron chi connectivity index (χ3n) is 4.96. The Bertz CT molecular complexity index is 600. The molecule has 2 rings (SSSR count). The maximum Gasteiger partial charge on any atom is 0.313 e. The van der Waals surface area contributed by atoms with Crippen molar-refractivity contribution in [1.29, 1.82) is 0 Å². The predicted molar refractivity (Wildman–Crippen MR) is 105 cm³/mol. The van der Waals surface area contributed by atoms with Gasteiger partial charge in [0.15, 0.2) is 0 Å². The standard InChI is InChI=1S/C23H32NO.BrH/c1-4-5-6-13-18-23(25)24(2,3)19-22(20-14-9-7-10-15-20)21-16-11-8-12-17-21;/h7-12,14-17,22H,4-6,13,18-19H2,1-3H3;1H/q+1;/p-1. The van der Waals surface area contributed by atoms with Gasteiger partial charge in [0.1, 0.15) is 0 Å². The van der Waals surface area contributed by atoms with Crippen LogP contribution in [0.15, 0.2) is 60.7 Å². The molecule has 0 saturated carbocycles. The molecule has 0 aliphatic carbocycles. The van der Waals surface area contributed by atoms with E-state index in [-0.39, 0.29) is 22.9 Å². The zero-order valence-electron chi connectivity index (χ0n) is 16.3. The van der Waals surface area contributed by atoms with Crippen molar-refractivity contribution < 1.29 is 26.3 Å². The van der Waals surface area contributed by atoms with E-state index in [0.29, 0.717) is 16.8 Å². The molecule has 1 amide bonds. The second kappa shape index (κ2) is 11.3. The molecule has 0 bridgehead atoms. The summed E-state index contributed by atoms with van der Waals surface area (Å²) in [5.41, 5.74) is 2.55. The van der Waals surface area contributed by atoms with Gasteiger partial charge in [-0.3, -0.25) is 4.48 Å². The number of benzene rings is 2. The molecule has 142 valence electrons. The van der Waals surface area contributed by atoms with Crippen LogP contribution in [-0.4, -0.2) is 31.0 Å². The van der Waals surface area contributed by atoms with E-state index in [1.807, 2.05) is 12.1 Å². The van der Waals surface area contributed by atoms with Gasteiger partial charge in [-0.15, -0.1) is 0 Å². The van der Waals surface area contributed by atoms with Crippen LogP contribution in [-0.2, 0) is 4.79 Å². The lowest BCUT2D eigenvalue weighted by molar-refractivity contribution is -0.815. The first kappa shape index (κ1) is 22.6. The number of halogens is 1. The average Bonchev–Trinajstić information content (AvgIpc) is 2.64. The number of nitrogens with zero attached hydrogens (tertiary/aromatic N) is 1. The van der Waals surface area contributed by atoms with Gasteiger partial charge in [-0.1, -0.05) is 86.8 Å². The fourth-order valence-electron chi connectivity index (χ4n) is 3.34. The van der Waals surface area contributed by atoms with E-state index in [2.05, 4.69) is 69.6 Å². The Balaban J connectivity index is 0.00000338. The monoisotopic (exact) mass is 417 g/mol. The summed E-state index contributed by atoms with van der Waals surface area (Å²) in [6.07, 6.45) is 5.27. The summed E-state index contributed by atoms with van der Waals surface area (Å²) >= 11 is 0. The van der Waals surface area contributed by atoms with E-state index in [4.69, 9.17) is 0 Å². The van der Waals surface area contributed by atoms with Crippen molar-refractivity contribution in [2.24, 2.45) is 0 Å². The van der Waals surface area contributed by atoms with E-state index in [0.717, 1.165) is 19.4 Å². The molecule has 2 aromatic rings. The molecule has 2 aromatic carbocycles. The summed E-state index contributed by atoms with van der Waals surface area (Å²) in [6.45, 7) is 2.99. The van der Waals surface area contributed by atoms with Crippen LogP contribution in [0.5, 0.6) is 0 Å². The van der Waals surface area contributed by atoms with E-state index < -0.39 is 0 Å². The fourth-order valence-corrected chi connectivity index (χ4v) is 3.34. The normalized spacial score (nSPS) is 11.2. The smallest absolute Gasteiger partial charge is 0.313 e. The summed E-state index contributed by atoms with van der Waals surface area (Å²) in [6, 6.07) is 21.1. The molecular weight excluding hydrogens is 386 g/mol. The van der Waals surface area contributed by atoms with Crippen LogP contribution < -0.4 is 17.0 Å². The molecular formula is C23H32BrNO. The molecule has 0 aromatic heterocycles. The van der Waals surface area contributed by atoms with Gasteiger partial charge in [0, 0.05) is 0 Å². The highest BCUT2D eigenvalue weighted by Crippen LogP contribution is 2.27. The number of hydrogen-bond acceptors (Lipinski definition) is 1. The van der Waals surface area contributed by atoms with E-state index in [1.165, 1.54) is 24.0 Å². The largest absolute Gasteiger partial charge is 1.00 e. The lowest BCUT2D eigenvalue weighted by Gasteiger charge is -2.31. The van der Waals surface area contributed by atoms with Crippen LogP contribution in [0.25, 0.3) is 0 Å². The minimum absolute atomic E-state index is 0. The van der Waals surface area contributed by atoms with Gasteiger partial charge in [0.2, 0.25) is 0 Å². The maximum atomic E-state index is 12.8. The maximum absolute atomic E-state index is 12.8. The summed E-state index contributed by atoms with van der Waals surface area (Å²) in [4.78, 5) is 12.8. The van der Waals surface area contributed by atoms with Crippen molar-refractivity contribution in [3.8, 4) is 0 Å².